The van der Waals surface area contributed by atoms with Gasteiger partial charge < -0.3 is 20.4 Å². The lowest BCUT2D eigenvalue weighted by atomic mass is 9.88. The van der Waals surface area contributed by atoms with E-state index < -0.39 is 0 Å². The van der Waals surface area contributed by atoms with Gasteiger partial charge in [-0.2, -0.15) is 0 Å². The van der Waals surface area contributed by atoms with Crippen LogP contribution in [0.5, 0.6) is 0 Å². The van der Waals surface area contributed by atoms with Crippen molar-refractivity contribution in [2.45, 2.75) is 50.9 Å². The number of amides is 1. The molecule has 2 heterocycles. The highest BCUT2D eigenvalue weighted by Gasteiger charge is 2.31. The Bertz CT molecular complexity index is 1160. The van der Waals surface area contributed by atoms with Crippen LogP contribution < -0.4 is 5.73 Å². The Morgan fingerprint density at radius 2 is 1.82 bits per heavy atom. The summed E-state index contributed by atoms with van der Waals surface area (Å²) in [5, 5.41) is 8.70. The molecule has 1 aromatic heterocycles. The van der Waals surface area contributed by atoms with Crippen LogP contribution >= 0.6 is 0 Å². The largest absolute Gasteiger partial charge is 0.399 e. The number of aryl methyl sites for hydroxylation is 1. The number of methoxy groups -OCH3 is 1. The third kappa shape index (κ3) is 4.71. The average Bonchev–Trinajstić information content (AvgIpc) is 3.60. The van der Waals surface area contributed by atoms with Gasteiger partial charge in [0.1, 0.15) is 5.82 Å². The number of ether oxygens (including phenoxy) is 1. The fraction of sp³-hybridized carbons (Fsp3) is 0.444. The quantitative estimate of drug-likeness (QED) is 0.509. The summed E-state index contributed by atoms with van der Waals surface area (Å²) in [6.45, 7) is 4.16. The van der Waals surface area contributed by atoms with Crippen molar-refractivity contribution < 1.29 is 9.53 Å². The first-order chi connectivity index (χ1) is 16.5. The highest BCUT2D eigenvalue weighted by Crippen LogP contribution is 2.45. The first-order valence-electron chi connectivity index (χ1n) is 12.2. The van der Waals surface area contributed by atoms with Gasteiger partial charge in [-0.05, 0) is 79.3 Å². The molecule has 2 aromatic carbocycles. The van der Waals surface area contributed by atoms with E-state index in [0.717, 1.165) is 60.0 Å². The summed E-state index contributed by atoms with van der Waals surface area (Å²) in [6, 6.07) is 12.4. The molecule has 0 radical (unpaired) electrons. The van der Waals surface area contributed by atoms with Crippen molar-refractivity contribution in [2.75, 3.05) is 32.5 Å². The fourth-order valence-corrected chi connectivity index (χ4v) is 4.98. The Kier molecular flexibility index (Phi) is 6.37. The number of aromatic nitrogens is 3. The van der Waals surface area contributed by atoms with Crippen LogP contribution in [0.15, 0.2) is 36.4 Å². The van der Waals surface area contributed by atoms with Crippen molar-refractivity contribution >= 4 is 11.6 Å². The SMILES string of the molecule is COCCc1nnc(-c2cc(C(=O)N3CCC(c4ccc(N)cc4)CC3)c(C)cc2C2CC2)[nH]1. The van der Waals surface area contributed by atoms with Crippen molar-refractivity contribution in [3.8, 4) is 11.4 Å². The zero-order valence-electron chi connectivity index (χ0n) is 20.0. The number of rotatable bonds is 7. The van der Waals surface area contributed by atoms with Gasteiger partial charge in [-0.25, -0.2) is 0 Å². The summed E-state index contributed by atoms with van der Waals surface area (Å²) in [5.41, 5.74) is 12.0. The van der Waals surface area contributed by atoms with E-state index in [1.54, 1.807) is 7.11 Å². The average molecular weight is 460 g/mol. The van der Waals surface area contributed by atoms with Crippen molar-refractivity contribution in [2.24, 2.45) is 0 Å². The van der Waals surface area contributed by atoms with Crippen LogP contribution in [0.3, 0.4) is 0 Å². The molecule has 2 fully saturated rings. The van der Waals surface area contributed by atoms with Crippen molar-refractivity contribution in [1.29, 1.82) is 0 Å². The van der Waals surface area contributed by atoms with Gasteiger partial charge in [0.2, 0.25) is 0 Å². The molecule has 1 saturated carbocycles. The molecule has 34 heavy (non-hydrogen) atoms. The molecule has 5 rings (SSSR count). The van der Waals surface area contributed by atoms with Gasteiger partial charge in [-0.3, -0.25) is 4.79 Å². The van der Waals surface area contributed by atoms with Crippen molar-refractivity contribution in [3.05, 3.63) is 64.5 Å². The number of benzene rings is 2. The van der Waals surface area contributed by atoms with Crippen LogP contribution in [0, 0.1) is 6.92 Å². The second kappa shape index (κ2) is 9.58. The molecule has 2 aliphatic rings. The minimum Gasteiger partial charge on any atom is -0.399 e. The predicted molar refractivity (Wildman–Crippen MR) is 133 cm³/mol. The molecule has 0 bridgehead atoms. The summed E-state index contributed by atoms with van der Waals surface area (Å²) < 4.78 is 5.16. The van der Waals surface area contributed by atoms with Gasteiger partial charge in [0.15, 0.2) is 5.82 Å². The summed E-state index contributed by atoms with van der Waals surface area (Å²) in [6.07, 6.45) is 4.98. The number of aromatic amines is 1. The van der Waals surface area contributed by atoms with E-state index in [0.29, 0.717) is 24.9 Å². The predicted octanol–water partition coefficient (Wildman–Crippen LogP) is 4.45. The number of nitrogens with two attached hydrogens (primary N) is 1. The maximum Gasteiger partial charge on any atom is 0.254 e. The van der Waals surface area contributed by atoms with Crippen molar-refractivity contribution in [3.63, 3.8) is 0 Å². The number of hydrogen-bond acceptors (Lipinski definition) is 5. The number of anilines is 1. The molecule has 7 heteroatoms. The van der Waals surface area contributed by atoms with E-state index in [-0.39, 0.29) is 5.91 Å². The third-order valence-electron chi connectivity index (χ3n) is 7.17. The summed E-state index contributed by atoms with van der Waals surface area (Å²) >= 11 is 0. The lowest BCUT2D eigenvalue weighted by Gasteiger charge is -2.33. The van der Waals surface area contributed by atoms with Crippen LogP contribution in [-0.4, -0.2) is 52.8 Å². The number of nitrogens with zero attached hydrogens (tertiary/aromatic N) is 3. The van der Waals surface area contributed by atoms with Crippen LogP contribution in [0.1, 0.15) is 70.4 Å². The van der Waals surface area contributed by atoms with Gasteiger partial charge in [-0.1, -0.05) is 18.2 Å². The molecule has 0 spiro atoms. The summed E-state index contributed by atoms with van der Waals surface area (Å²) in [7, 11) is 1.68. The number of hydrogen-bond donors (Lipinski definition) is 2. The van der Waals surface area contributed by atoms with Gasteiger partial charge in [-0.15, -0.1) is 10.2 Å². The van der Waals surface area contributed by atoms with Gasteiger partial charge in [0, 0.05) is 43.4 Å². The second-order valence-electron chi connectivity index (χ2n) is 9.62. The minimum absolute atomic E-state index is 0.107. The Morgan fingerprint density at radius 3 is 2.50 bits per heavy atom. The Hall–Kier alpha value is -3.19. The van der Waals surface area contributed by atoms with Crippen LogP contribution in [0.2, 0.25) is 0 Å². The highest BCUT2D eigenvalue weighted by atomic mass is 16.5. The normalized spacial score (nSPS) is 16.7. The van der Waals surface area contributed by atoms with Crippen LogP contribution in [0.4, 0.5) is 5.69 Å². The molecule has 0 unspecified atom stereocenters. The van der Waals surface area contributed by atoms with Gasteiger partial charge in [0.05, 0.1) is 6.61 Å². The number of nitrogens with one attached hydrogen (secondary N) is 1. The maximum atomic E-state index is 13.6. The van der Waals surface area contributed by atoms with E-state index in [4.69, 9.17) is 10.5 Å². The molecule has 1 saturated heterocycles. The van der Waals surface area contributed by atoms with Gasteiger partial charge in [0.25, 0.3) is 5.91 Å². The zero-order chi connectivity index (χ0) is 23.7. The second-order valence-corrected chi connectivity index (χ2v) is 9.62. The molecule has 1 amide bonds. The standard InChI is InChI=1S/C27H33N5O2/c1-17-15-23(20-3-4-20)24(26-29-25(30-31-26)11-14-34-2)16-22(17)27(33)32-12-9-19(10-13-32)18-5-7-21(28)8-6-18/h5-8,15-16,19-20H,3-4,9-14,28H2,1-2H3,(H,29,30,31). The van der Waals surface area contributed by atoms with E-state index in [1.807, 2.05) is 23.1 Å². The fourth-order valence-electron chi connectivity index (χ4n) is 4.98. The number of H-pyrrole nitrogens is 1. The van der Waals surface area contributed by atoms with Crippen molar-refractivity contribution in [1.82, 2.24) is 20.1 Å². The van der Waals surface area contributed by atoms with Crippen LogP contribution in [-0.2, 0) is 11.2 Å². The maximum absolute atomic E-state index is 13.6. The molecular weight excluding hydrogens is 426 g/mol. The molecule has 3 aromatic rings. The minimum atomic E-state index is 0.107. The number of carbonyl (C=O) groups is 1. The molecular formula is C27H33N5O2. The number of carbonyl (C=O) groups excluding carboxylic acids is 1. The first-order valence-corrected chi connectivity index (χ1v) is 12.2. The van der Waals surface area contributed by atoms with E-state index in [1.165, 1.54) is 24.0 Å². The lowest BCUT2D eigenvalue weighted by molar-refractivity contribution is 0.0712. The summed E-state index contributed by atoms with van der Waals surface area (Å²) in [4.78, 5) is 18.9. The molecule has 0 atom stereocenters. The Labute approximate surface area is 200 Å². The summed E-state index contributed by atoms with van der Waals surface area (Å²) in [5.74, 6) is 2.66. The smallest absolute Gasteiger partial charge is 0.254 e. The molecule has 3 N–H and O–H groups in total. The molecule has 7 nitrogen and oxygen atoms in total. The topological polar surface area (TPSA) is 97.1 Å². The van der Waals surface area contributed by atoms with E-state index in [2.05, 4.69) is 40.3 Å². The number of likely N-dealkylation sites (tertiary alicyclic amines) is 1. The zero-order valence-corrected chi connectivity index (χ0v) is 20.0. The number of piperidine rings is 1. The molecule has 178 valence electrons. The first kappa shape index (κ1) is 22.6. The van der Waals surface area contributed by atoms with E-state index >= 15 is 0 Å². The van der Waals surface area contributed by atoms with E-state index in [9.17, 15) is 4.79 Å². The molecule has 1 aliphatic carbocycles. The Morgan fingerprint density at radius 1 is 1.09 bits per heavy atom. The lowest BCUT2D eigenvalue weighted by Crippen LogP contribution is -2.38. The Balaban J connectivity index is 1.36. The highest BCUT2D eigenvalue weighted by molar-refractivity contribution is 5.97. The van der Waals surface area contributed by atoms with Crippen LogP contribution in [0.25, 0.3) is 11.4 Å². The van der Waals surface area contributed by atoms with Gasteiger partial charge >= 0.3 is 0 Å². The monoisotopic (exact) mass is 459 g/mol. The number of nitrogen functional groups attached to an aromatic ring is 1. The third-order valence-corrected chi connectivity index (χ3v) is 7.17. The molecule has 1 aliphatic heterocycles.